The monoisotopic (exact) mass is 218 g/mol. The molecule has 0 saturated carbocycles. The van der Waals surface area contributed by atoms with Crippen LogP contribution in [0.2, 0.25) is 0 Å². The Bertz CT molecular complexity index is 331. The fourth-order valence-corrected chi connectivity index (χ4v) is 1.93. The van der Waals surface area contributed by atoms with Gasteiger partial charge in [-0.2, -0.15) is 0 Å². The first kappa shape index (κ1) is 13.0. The summed E-state index contributed by atoms with van der Waals surface area (Å²) in [7, 11) is 0. The molecule has 1 nitrogen and oxygen atoms in total. The number of carbonyl (C=O) groups is 1. The molecule has 1 aliphatic rings. The maximum absolute atomic E-state index is 12.0. The molecule has 0 N–H and O–H groups in total. The zero-order valence-corrected chi connectivity index (χ0v) is 10.5. The molecule has 0 radical (unpaired) electrons. The second kappa shape index (κ2) is 6.47. The predicted molar refractivity (Wildman–Crippen MR) is 69.4 cm³/mol. The Kier molecular flexibility index (Phi) is 5.24. The van der Waals surface area contributed by atoms with E-state index in [4.69, 9.17) is 0 Å². The molecule has 0 amide bonds. The second-order valence-corrected chi connectivity index (χ2v) is 4.69. The zero-order valence-electron chi connectivity index (χ0n) is 10.5. The van der Waals surface area contributed by atoms with Crippen molar-refractivity contribution in [1.82, 2.24) is 0 Å². The van der Waals surface area contributed by atoms with Gasteiger partial charge in [0.05, 0.1) is 0 Å². The molecule has 0 bridgehead atoms. The van der Waals surface area contributed by atoms with E-state index in [-0.39, 0.29) is 5.78 Å². The zero-order chi connectivity index (χ0) is 12.0. The number of carbonyl (C=O) groups excluding carboxylic acids is 1. The van der Waals surface area contributed by atoms with Gasteiger partial charge in [-0.05, 0) is 63.5 Å². The largest absolute Gasteiger partial charge is 0.289 e. The average Bonchev–Trinajstić information content (AvgIpc) is 2.28. The SMILES string of the molecule is C=C(C)CC/C=C(\C)C(=O)C1=CCCCC1. The maximum atomic E-state index is 12.0. The minimum Gasteiger partial charge on any atom is -0.289 e. The Balaban J connectivity index is 2.52. The van der Waals surface area contributed by atoms with Gasteiger partial charge in [0.25, 0.3) is 0 Å². The third-order valence-corrected chi connectivity index (χ3v) is 2.96. The molecule has 88 valence electrons. The molecule has 0 fully saturated rings. The molecule has 0 saturated heterocycles. The lowest BCUT2D eigenvalue weighted by atomic mass is 9.93. The van der Waals surface area contributed by atoms with Crippen molar-refractivity contribution in [2.45, 2.75) is 52.4 Å². The predicted octanol–water partition coefficient (Wildman–Crippen LogP) is 4.36. The molecule has 1 rings (SSSR count). The number of hydrogen-bond acceptors (Lipinski definition) is 1. The Morgan fingerprint density at radius 1 is 1.44 bits per heavy atom. The average molecular weight is 218 g/mol. The molecule has 0 aromatic rings. The van der Waals surface area contributed by atoms with Gasteiger partial charge in [0, 0.05) is 0 Å². The van der Waals surface area contributed by atoms with Gasteiger partial charge >= 0.3 is 0 Å². The van der Waals surface area contributed by atoms with Crippen LogP contribution in [0.3, 0.4) is 0 Å². The molecule has 0 aromatic heterocycles. The summed E-state index contributed by atoms with van der Waals surface area (Å²) in [6.45, 7) is 7.81. The third kappa shape index (κ3) is 4.18. The van der Waals surface area contributed by atoms with Crippen molar-refractivity contribution in [3.05, 3.63) is 35.5 Å². The Morgan fingerprint density at radius 3 is 2.75 bits per heavy atom. The molecule has 0 atom stereocenters. The second-order valence-electron chi connectivity index (χ2n) is 4.69. The van der Waals surface area contributed by atoms with E-state index in [1.807, 2.05) is 19.9 Å². The molecule has 0 aromatic carbocycles. The highest BCUT2D eigenvalue weighted by molar-refractivity contribution is 6.07. The van der Waals surface area contributed by atoms with Crippen molar-refractivity contribution in [2.24, 2.45) is 0 Å². The standard InChI is InChI=1S/C15H22O/c1-12(2)8-7-9-13(3)15(16)14-10-5-4-6-11-14/h9-10H,1,4-8,11H2,2-3H3/b13-9+. The lowest BCUT2D eigenvalue weighted by molar-refractivity contribution is -0.112. The van der Waals surface area contributed by atoms with E-state index in [9.17, 15) is 4.79 Å². The van der Waals surface area contributed by atoms with Crippen LogP contribution >= 0.6 is 0 Å². The van der Waals surface area contributed by atoms with Gasteiger partial charge in [-0.25, -0.2) is 0 Å². The number of Topliss-reactive ketones (excluding diaryl/α,β-unsaturated/α-hetero) is 1. The van der Waals surface area contributed by atoms with E-state index in [1.54, 1.807) is 0 Å². The van der Waals surface area contributed by atoms with Crippen molar-refractivity contribution < 1.29 is 4.79 Å². The summed E-state index contributed by atoms with van der Waals surface area (Å²) in [5.41, 5.74) is 3.10. The summed E-state index contributed by atoms with van der Waals surface area (Å²) in [5, 5.41) is 0. The Morgan fingerprint density at radius 2 is 2.19 bits per heavy atom. The van der Waals surface area contributed by atoms with Crippen LogP contribution in [0.5, 0.6) is 0 Å². The van der Waals surface area contributed by atoms with Gasteiger partial charge in [-0.15, -0.1) is 6.58 Å². The molecule has 0 unspecified atom stereocenters. The summed E-state index contributed by atoms with van der Waals surface area (Å²) in [4.78, 5) is 12.0. The van der Waals surface area contributed by atoms with Gasteiger partial charge in [-0.1, -0.05) is 17.7 Å². The van der Waals surface area contributed by atoms with Crippen LogP contribution in [0.25, 0.3) is 0 Å². The summed E-state index contributed by atoms with van der Waals surface area (Å²) < 4.78 is 0. The summed E-state index contributed by atoms with van der Waals surface area (Å²) in [6, 6.07) is 0. The van der Waals surface area contributed by atoms with Crippen molar-refractivity contribution >= 4 is 5.78 Å². The van der Waals surface area contributed by atoms with E-state index < -0.39 is 0 Å². The Labute approximate surface area is 98.9 Å². The fraction of sp³-hybridized carbons (Fsp3) is 0.533. The Hall–Kier alpha value is -1.11. The molecular weight excluding hydrogens is 196 g/mol. The number of hydrogen-bond donors (Lipinski definition) is 0. The van der Waals surface area contributed by atoms with Crippen molar-refractivity contribution in [3.63, 3.8) is 0 Å². The van der Waals surface area contributed by atoms with Gasteiger partial charge in [0.2, 0.25) is 0 Å². The minimum absolute atomic E-state index is 0.251. The topological polar surface area (TPSA) is 17.1 Å². The first-order valence-electron chi connectivity index (χ1n) is 6.16. The van der Waals surface area contributed by atoms with Crippen LogP contribution < -0.4 is 0 Å². The van der Waals surface area contributed by atoms with Crippen LogP contribution in [-0.2, 0) is 4.79 Å². The van der Waals surface area contributed by atoms with E-state index in [2.05, 4.69) is 12.7 Å². The molecule has 0 spiro atoms. The highest BCUT2D eigenvalue weighted by atomic mass is 16.1. The van der Waals surface area contributed by atoms with E-state index in [0.717, 1.165) is 43.3 Å². The van der Waals surface area contributed by atoms with E-state index >= 15 is 0 Å². The fourth-order valence-electron chi connectivity index (χ4n) is 1.93. The molecule has 1 heteroatoms. The first-order valence-corrected chi connectivity index (χ1v) is 6.16. The summed E-state index contributed by atoms with van der Waals surface area (Å²) >= 11 is 0. The van der Waals surface area contributed by atoms with Crippen molar-refractivity contribution in [3.8, 4) is 0 Å². The van der Waals surface area contributed by atoms with Crippen molar-refractivity contribution in [1.29, 1.82) is 0 Å². The van der Waals surface area contributed by atoms with Crippen LogP contribution in [0.15, 0.2) is 35.5 Å². The van der Waals surface area contributed by atoms with E-state index in [1.165, 1.54) is 12.0 Å². The number of rotatable bonds is 5. The quantitative estimate of drug-likeness (QED) is 0.495. The molecule has 16 heavy (non-hydrogen) atoms. The maximum Gasteiger partial charge on any atom is 0.184 e. The summed E-state index contributed by atoms with van der Waals surface area (Å²) in [6.07, 6.45) is 10.5. The summed E-state index contributed by atoms with van der Waals surface area (Å²) in [5.74, 6) is 0.251. The molecule has 0 heterocycles. The highest BCUT2D eigenvalue weighted by Crippen LogP contribution is 2.21. The van der Waals surface area contributed by atoms with Crippen LogP contribution in [-0.4, -0.2) is 5.78 Å². The van der Waals surface area contributed by atoms with Crippen LogP contribution in [0.1, 0.15) is 52.4 Å². The lowest BCUT2D eigenvalue weighted by Gasteiger charge is -2.11. The highest BCUT2D eigenvalue weighted by Gasteiger charge is 2.13. The molecular formula is C15H22O. The number of allylic oxidation sites excluding steroid dienone is 5. The minimum atomic E-state index is 0.251. The van der Waals surface area contributed by atoms with Gasteiger partial charge in [0.15, 0.2) is 5.78 Å². The third-order valence-electron chi connectivity index (χ3n) is 2.96. The molecule has 1 aliphatic carbocycles. The smallest absolute Gasteiger partial charge is 0.184 e. The van der Waals surface area contributed by atoms with Gasteiger partial charge < -0.3 is 0 Å². The first-order chi connectivity index (χ1) is 7.61. The van der Waals surface area contributed by atoms with Crippen LogP contribution in [0.4, 0.5) is 0 Å². The van der Waals surface area contributed by atoms with Crippen LogP contribution in [0, 0.1) is 0 Å². The number of ketones is 1. The lowest BCUT2D eigenvalue weighted by Crippen LogP contribution is -2.07. The normalized spacial score (nSPS) is 16.9. The van der Waals surface area contributed by atoms with Gasteiger partial charge in [0.1, 0.15) is 0 Å². The van der Waals surface area contributed by atoms with E-state index in [0.29, 0.717) is 0 Å². The van der Waals surface area contributed by atoms with Crippen molar-refractivity contribution in [2.75, 3.05) is 0 Å². The van der Waals surface area contributed by atoms with Gasteiger partial charge in [-0.3, -0.25) is 4.79 Å². The molecule has 0 aliphatic heterocycles.